The van der Waals surface area contributed by atoms with E-state index in [1.807, 2.05) is 0 Å². The Labute approximate surface area is 152 Å². The first kappa shape index (κ1) is 16.8. The normalized spacial score (nSPS) is 10.6. The number of amides is 1. The van der Waals surface area contributed by atoms with Gasteiger partial charge >= 0.3 is 6.01 Å². The maximum absolute atomic E-state index is 12.0. The molecular weight excluding hydrogens is 373 g/mol. The summed E-state index contributed by atoms with van der Waals surface area (Å²) in [5.41, 5.74) is 1.39. The zero-order chi connectivity index (χ0) is 17.1. The monoisotopic (exact) mass is 381 g/mol. The van der Waals surface area contributed by atoms with Gasteiger partial charge in [0, 0.05) is 20.6 Å². The van der Waals surface area contributed by atoms with Crippen LogP contribution in [0.4, 0.5) is 6.01 Å². The highest BCUT2D eigenvalue weighted by Gasteiger charge is 2.13. The topological polar surface area (TPSA) is 68.0 Å². The number of nitrogens with zero attached hydrogens (tertiary/aromatic N) is 2. The molecule has 0 radical (unpaired) electrons. The fourth-order valence-corrected chi connectivity index (χ4v) is 2.67. The fourth-order valence-electron chi connectivity index (χ4n) is 2.02. The largest absolute Gasteiger partial charge is 0.403 e. The number of aromatic nitrogens is 2. The van der Waals surface area contributed by atoms with Gasteiger partial charge < -0.3 is 4.42 Å². The molecule has 1 aromatic heterocycles. The third-order valence-corrected chi connectivity index (χ3v) is 3.75. The molecule has 3 rings (SSSR count). The molecule has 24 heavy (non-hydrogen) atoms. The summed E-state index contributed by atoms with van der Waals surface area (Å²) < 4.78 is 5.41. The molecule has 0 fully saturated rings. The van der Waals surface area contributed by atoms with Gasteiger partial charge in [-0.3, -0.25) is 10.1 Å². The van der Waals surface area contributed by atoms with Crippen molar-refractivity contribution in [3.05, 3.63) is 63.1 Å². The van der Waals surface area contributed by atoms with E-state index < -0.39 is 0 Å². The minimum atomic E-state index is -0.281. The standard InChI is InChI=1S/C16H10Cl3N3O2/c17-11-3-1-9(2-4-11)5-14(23)20-16-22-21-15(24-16)10-6-12(18)8-13(19)7-10/h1-4,6-8H,5H2,(H,20,22,23). The van der Waals surface area contributed by atoms with Gasteiger partial charge in [-0.05, 0) is 35.9 Å². The third-order valence-electron chi connectivity index (χ3n) is 3.06. The van der Waals surface area contributed by atoms with Gasteiger partial charge in [-0.15, -0.1) is 5.10 Å². The molecule has 0 atom stereocenters. The van der Waals surface area contributed by atoms with Gasteiger partial charge in [-0.2, -0.15) is 0 Å². The van der Waals surface area contributed by atoms with E-state index in [9.17, 15) is 4.79 Å². The molecule has 0 bridgehead atoms. The first-order chi connectivity index (χ1) is 11.5. The number of anilines is 1. The van der Waals surface area contributed by atoms with Gasteiger partial charge in [-0.25, -0.2) is 0 Å². The second kappa shape index (κ2) is 7.21. The van der Waals surface area contributed by atoms with Gasteiger partial charge in [0.05, 0.1) is 6.42 Å². The van der Waals surface area contributed by atoms with Gasteiger partial charge in [0.2, 0.25) is 11.8 Å². The quantitative estimate of drug-likeness (QED) is 0.698. The van der Waals surface area contributed by atoms with Gasteiger partial charge in [0.25, 0.3) is 0 Å². The summed E-state index contributed by atoms with van der Waals surface area (Å²) in [5.74, 6) is -0.0714. The SMILES string of the molecule is O=C(Cc1ccc(Cl)cc1)Nc1nnc(-c2cc(Cl)cc(Cl)c2)o1. The predicted molar refractivity (Wildman–Crippen MR) is 93.5 cm³/mol. The number of rotatable bonds is 4. The van der Waals surface area contributed by atoms with E-state index in [0.29, 0.717) is 20.6 Å². The lowest BCUT2D eigenvalue weighted by molar-refractivity contribution is -0.115. The van der Waals surface area contributed by atoms with Crippen LogP contribution >= 0.6 is 34.8 Å². The van der Waals surface area contributed by atoms with E-state index in [2.05, 4.69) is 15.5 Å². The third kappa shape index (κ3) is 4.26. The zero-order valence-electron chi connectivity index (χ0n) is 12.1. The number of carbonyl (C=O) groups excluding carboxylic acids is 1. The summed E-state index contributed by atoms with van der Waals surface area (Å²) >= 11 is 17.7. The fraction of sp³-hybridized carbons (Fsp3) is 0.0625. The Morgan fingerprint density at radius 3 is 2.29 bits per heavy atom. The second-order valence-corrected chi connectivity index (χ2v) is 6.23. The number of halogens is 3. The molecule has 1 N–H and O–H groups in total. The predicted octanol–water partition coefficient (Wildman–Crippen LogP) is 4.88. The summed E-state index contributed by atoms with van der Waals surface area (Å²) in [6.45, 7) is 0. The minimum Gasteiger partial charge on any atom is -0.403 e. The molecule has 0 spiro atoms. The van der Waals surface area contributed by atoms with Crippen molar-refractivity contribution in [1.82, 2.24) is 10.2 Å². The van der Waals surface area contributed by atoms with Gasteiger partial charge in [-0.1, -0.05) is 52.0 Å². The molecule has 0 saturated carbocycles. The molecule has 1 heterocycles. The van der Waals surface area contributed by atoms with Crippen molar-refractivity contribution in [2.24, 2.45) is 0 Å². The molecule has 3 aromatic rings. The summed E-state index contributed by atoms with van der Waals surface area (Å²) in [5, 5.41) is 11.7. The first-order valence-electron chi connectivity index (χ1n) is 6.84. The van der Waals surface area contributed by atoms with E-state index in [1.165, 1.54) is 0 Å². The summed E-state index contributed by atoms with van der Waals surface area (Å²) in [6.07, 6.45) is 0.165. The van der Waals surface area contributed by atoms with Crippen LogP contribution in [0.15, 0.2) is 46.9 Å². The molecule has 0 unspecified atom stereocenters. The van der Waals surface area contributed by atoms with Crippen molar-refractivity contribution in [3.63, 3.8) is 0 Å². The lowest BCUT2D eigenvalue weighted by Crippen LogP contribution is -2.14. The number of benzene rings is 2. The van der Waals surface area contributed by atoms with Crippen molar-refractivity contribution in [2.45, 2.75) is 6.42 Å². The molecule has 0 saturated heterocycles. The number of hydrogen-bond acceptors (Lipinski definition) is 4. The van der Waals surface area contributed by atoms with Crippen molar-refractivity contribution in [2.75, 3.05) is 5.32 Å². The maximum Gasteiger partial charge on any atom is 0.322 e. The summed E-state index contributed by atoms with van der Waals surface area (Å²) in [4.78, 5) is 12.0. The molecular formula is C16H10Cl3N3O2. The summed E-state index contributed by atoms with van der Waals surface area (Å²) in [7, 11) is 0. The summed E-state index contributed by atoms with van der Waals surface area (Å²) in [6, 6.07) is 11.9. The lowest BCUT2D eigenvalue weighted by Gasteiger charge is -2.01. The van der Waals surface area contributed by atoms with Crippen LogP contribution in [0.3, 0.4) is 0 Å². The Bertz CT molecular complexity index is 858. The van der Waals surface area contributed by atoms with Crippen LogP contribution in [0.1, 0.15) is 5.56 Å². The Kier molecular flexibility index (Phi) is 5.04. The molecule has 0 aliphatic heterocycles. The molecule has 2 aromatic carbocycles. The average Bonchev–Trinajstić information content (AvgIpc) is 2.97. The van der Waals surface area contributed by atoms with Crippen LogP contribution in [0.25, 0.3) is 11.5 Å². The van der Waals surface area contributed by atoms with Crippen molar-refractivity contribution in [1.29, 1.82) is 0 Å². The van der Waals surface area contributed by atoms with Gasteiger partial charge in [0.15, 0.2) is 0 Å². The van der Waals surface area contributed by atoms with E-state index in [0.717, 1.165) is 5.56 Å². The van der Waals surface area contributed by atoms with E-state index in [4.69, 9.17) is 39.2 Å². The highest BCUT2D eigenvalue weighted by molar-refractivity contribution is 6.35. The van der Waals surface area contributed by atoms with Crippen molar-refractivity contribution < 1.29 is 9.21 Å². The average molecular weight is 383 g/mol. The maximum atomic E-state index is 12.0. The van der Waals surface area contributed by atoms with Crippen LogP contribution in [0, 0.1) is 0 Å². The Balaban J connectivity index is 1.69. The number of nitrogens with one attached hydrogen (secondary N) is 1. The van der Waals surface area contributed by atoms with Gasteiger partial charge in [0.1, 0.15) is 0 Å². The van der Waals surface area contributed by atoms with Crippen molar-refractivity contribution in [3.8, 4) is 11.5 Å². The minimum absolute atomic E-state index is 0.0000569. The second-order valence-electron chi connectivity index (χ2n) is 4.92. The van der Waals surface area contributed by atoms with Crippen molar-refractivity contribution >= 4 is 46.7 Å². The molecule has 1 amide bonds. The highest BCUT2D eigenvalue weighted by Crippen LogP contribution is 2.27. The van der Waals surface area contributed by atoms with Crippen LogP contribution in [0.2, 0.25) is 15.1 Å². The van der Waals surface area contributed by atoms with Crippen LogP contribution in [0.5, 0.6) is 0 Å². The number of carbonyl (C=O) groups is 1. The Morgan fingerprint density at radius 2 is 1.62 bits per heavy atom. The van der Waals surface area contributed by atoms with Crippen LogP contribution < -0.4 is 5.32 Å². The highest BCUT2D eigenvalue weighted by atomic mass is 35.5. The molecule has 8 heteroatoms. The zero-order valence-corrected chi connectivity index (χ0v) is 14.4. The van der Waals surface area contributed by atoms with Crippen LogP contribution in [-0.2, 0) is 11.2 Å². The van der Waals surface area contributed by atoms with E-state index in [1.54, 1.807) is 42.5 Å². The molecule has 122 valence electrons. The smallest absolute Gasteiger partial charge is 0.322 e. The molecule has 5 nitrogen and oxygen atoms in total. The number of hydrogen-bond donors (Lipinski definition) is 1. The van der Waals surface area contributed by atoms with E-state index >= 15 is 0 Å². The first-order valence-corrected chi connectivity index (χ1v) is 7.97. The Hall–Kier alpha value is -2.08. The van der Waals surface area contributed by atoms with E-state index in [-0.39, 0.29) is 24.2 Å². The molecule has 0 aliphatic carbocycles. The molecule has 0 aliphatic rings. The lowest BCUT2D eigenvalue weighted by atomic mass is 10.1. The Morgan fingerprint density at radius 1 is 0.958 bits per heavy atom. The van der Waals surface area contributed by atoms with Crippen LogP contribution in [-0.4, -0.2) is 16.1 Å².